The number of thiazole rings is 1. The summed E-state index contributed by atoms with van der Waals surface area (Å²) in [7, 11) is 0. The molecule has 0 spiro atoms. The number of carboxylic acids is 1. The first-order valence-electron chi connectivity index (χ1n) is 5.86. The number of nitrogens with zero attached hydrogens (tertiary/aromatic N) is 1. The maximum Gasteiger partial charge on any atom is 0.303 e. The van der Waals surface area contributed by atoms with E-state index in [-0.39, 0.29) is 6.42 Å². The fourth-order valence-electron chi connectivity index (χ4n) is 1.63. The molecule has 0 atom stereocenters. The van der Waals surface area contributed by atoms with Gasteiger partial charge in [-0.3, -0.25) is 4.79 Å². The van der Waals surface area contributed by atoms with Gasteiger partial charge in [-0.2, -0.15) is 0 Å². The number of halogens is 2. The van der Waals surface area contributed by atoms with Crippen molar-refractivity contribution in [3.8, 4) is 0 Å². The highest BCUT2D eigenvalue weighted by Gasteiger charge is 2.10. The van der Waals surface area contributed by atoms with Crippen LogP contribution in [-0.4, -0.2) is 16.1 Å². The number of nitrogens with one attached hydrogen (secondary N) is 1. The van der Waals surface area contributed by atoms with E-state index in [9.17, 15) is 13.6 Å². The van der Waals surface area contributed by atoms with Gasteiger partial charge in [0, 0.05) is 16.6 Å². The summed E-state index contributed by atoms with van der Waals surface area (Å²) in [4.78, 5) is 15.6. The molecule has 2 N–H and O–H groups in total. The Balaban J connectivity index is 2.11. The van der Waals surface area contributed by atoms with Crippen LogP contribution in [-0.2, 0) is 11.2 Å². The van der Waals surface area contributed by atoms with Gasteiger partial charge in [0.25, 0.3) is 0 Å². The van der Waals surface area contributed by atoms with Gasteiger partial charge in [-0.05, 0) is 25.5 Å². The summed E-state index contributed by atoms with van der Waals surface area (Å²) in [6.45, 7) is 1.78. The lowest BCUT2D eigenvalue weighted by Crippen LogP contribution is -1.96. The van der Waals surface area contributed by atoms with Crippen molar-refractivity contribution in [2.45, 2.75) is 19.8 Å². The first-order chi connectivity index (χ1) is 9.45. The number of rotatable bonds is 5. The molecule has 0 unspecified atom stereocenters. The number of aromatic nitrogens is 1. The molecule has 7 heteroatoms. The van der Waals surface area contributed by atoms with E-state index in [1.165, 1.54) is 17.4 Å². The van der Waals surface area contributed by atoms with E-state index < -0.39 is 17.6 Å². The fourth-order valence-corrected chi connectivity index (χ4v) is 2.61. The molecule has 0 fully saturated rings. The predicted molar refractivity (Wildman–Crippen MR) is 72.4 cm³/mol. The fraction of sp³-hybridized carbons (Fsp3) is 0.231. The summed E-state index contributed by atoms with van der Waals surface area (Å²) in [5.41, 5.74) is 1.13. The number of anilines is 2. The van der Waals surface area contributed by atoms with Crippen LogP contribution >= 0.6 is 11.3 Å². The molecule has 0 aliphatic rings. The third-order valence-electron chi connectivity index (χ3n) is 2.63. The van der Waals surface area contributed by atoms with Crippen molar-refractivity contribution < 1.29 is 18.7 Å². The summed E-state index contributed by atoms with van der Waals surface area (Å²) < 4.78 is 25.9. The van der Waals surface area contributed by atoms with Gasteiger partial charge in [-0.1, -0.05) is 0 Å². The SMILES string of the molecule is Cc1nc(Nc2ccc(F)c(F)c2)sc1CCC(=O)O. The summed E-state index contributed by atoms with van der Waals surface area (Å²) in [6, 6.07) is 3.48. The van der Waals surface area contributed by atoms with Crippen molar-refractivity contribution in [2.24, 2.45) is 0 Å². The van der Waals surface area contributed by atoms with E-state index in [2.05, 4.69) is 10.3 Å². The molecule has 0 amide bonds. The molecule has 0 aliphatic carbocycles. The van der Waals surface area contributed by atoms with E-state index >= 15 is 0 Å². The number of aryl methyl sites for hydroxylation is 2. The van der Waals surface area contributed by atoms with Crippen LogP contribution in [0.25, 0.3) is 0 Å². The molecule has 2 rings (SSSR count). The Morgan fingerprint density at radius 3 is 2.80 bits per heavy atom. The number of carboxylic acid groups (broad SMARTS) is 1. The minimum Gasteiger partial charge on any atom is -0.481 e. The minimum atomic E-state index is -0.936. The smallest absolute Gasteiger partial charge is 0.303 e. The molecule has 106 valence electrons. The van der Waals surface area contributed by atoms with Crippen LogP contribution in [0.4, 0.5) is 19.6 Å². The molecule has 1 aromatic carbocycles. The van der Waals surface area contributed by atoms with Crippen molar-refractivity contribution >= 4 is 28.1 Å². The molecule has 0 aliphatic heterocycles. The van der Waals surface area contributed by atoms with Crippen molar-refractivity contribution in [3.63, 3.8) is 0 Å². The van der Waals surface area contributed by atoms with Gasteiger partial charge >= 0.3 is 5.97 Å². The monoisotopic (exact) mass is 298 g/mol. The Bertz CT molecular complexity index is 643. The molecule has 0 bridgehead atoms. The van der Waals surface area contributed by atoms with Gasteiger partial charge in [-0.25, -0.2) is 13.8 Å². The third kappa shape index (κ3) is 3.51. The Labute approximate surface area is 118 Å². The number of hydrogen-bond donors (Lipinski definition) is 2. The first-order valence-corrected chi connectivity index (χ1v) is 6.67. The molecule has 1 aromatic heterocycles. The summed E-state index contributed by atoms with van der Waals surface area (Å²) in [6.07, 6.45) is 0.436. The summed E-state index contributed by atoms with van der Waals surface area (Å²) >= 11 is 1.30. The quantitative estimate of drug-likeness (QED) is 0.887. The van der Waals surface area contributed by atoms with E-state index in [4.69, 9.17) is 5.11 Å². The molecule has 4 nitrogen and oxygen atoms in total. The highest BCUT2D eigenvalue weighted by Crippen LogP contribution is 2.27. The largest absolute Gasteiger partial charge is 0.481 e. The topological polar surface area (TPSA) is 62.2 Å². The Hall–Kier alpha value is -2.02. The third-order valence-corrected chi connectivity index (χ3v) is 3.76. The van der Waals surface area contributed by atoms with Crippen LogP contribution in [0.1, 0.15) is 17.0 Å². The second kappa shape index (κ2) is 5.96. The Morgan fingerprint density at radius 1 is 1.40 bits per heavy atom. The van der Waals surface area contributed by atoms with Gasteiger partial charge in [0.05, 0.1) is 12.1 Å². The lowest BCUT2D eigenvalue weighted by molar-refractivity contribution is -0.136. The molecule has 0 radical (unpaired) electrons. The standard InChI is InChI=1S/C13H12F2N2O2S/c1-7-11(4-5-12(18)19)20-13(16-7)17-8-2-3-9(14)10(15)6-8/h2-3,6H,4-5H2,1H3,(H,16,17)(H,18,19). The van der Waals surface area contributed by atoms with E-state index in [0.29, 0.717) is 17.2 Å². The van der Waals surface area contributed by atoms with E-state index in [1.807, 2.05) is 0 Å². The summed E-state index contributed by atoms with van der Waals surface area (Å²) in [5, 5.41) is 12.1. The van der Waals surface area contributed by atoms with Gasteiger partial charge in [-0.15, -0.1) is 11.3 Å². The van der Waals surface area contributed by atoms with Crippen LogP contribution in [0.15, 0.2) is 18.2 Å². The van der Waals surface area contributed by atoms with Crippen molar-refractivity contribution in [1.82, 2.24) is 4.98 Å². The van der Waals surface area contributed by atoms with E-state index in [1.54, 1.807) is 6.92 Å². The summed E-state index contributed by atoms with van der Waals surface area (Å²) in [5.74, 6) is -2.71. The highest BCUT2D eigenvalue weighted by atomic mass is 32.1. The van der Waals surface area contributed by atoms with Crippen LogP contribution in [0, 0.1) is 18.6 Å². The predicted octanol–water partition coefficient (Wildman–Crippen LogP) is 3.49. The van der Waals surface area contributed by atoms with Crippen LogP contribution in [0.2, 0.25) is 0 Å². The highest BCUT2D eigenvalue weighted by molar-refractivity contribution is 7.15. The van der Waals surface area contributed by atoms with Crippen LogP contribution < -0.4 is 5.32 Å². The average Bonchev–Trinajstić information content (AvgIpc) is 2.72. The van der Waals surface area contributed by atoms with Crippen molar-refractivity contribution in [3.05, 3.63) is 40.4 Å². The van der Waals surface area contributed by atoms with Gasteiger partial charge < -0.3 is 10.4 Å². The number of hydrogen-bond acceptors (Lipinski definition) is 4. The molecule has 0 saturated heterocycles. The number of carbonyl (C=O) groups is 1. The van der Waals surface area contributed by atoms with Crippen molar-refractivity contribution in [2.75, 3.05) is 5.32 Å². The second-order valence-electron chi connectivity index (χ2n) is 4.18. The molecule has 0 saturated carbocycles. The Morgan fingerprint density at radius 2 is 2.15 bits per heavy atom. The molecule has 20 heavy (non-hydrogen) atoms. The number of aliphatic carboxylic acids is 1. The maximum absolute atomic E-state index is 13.1. The number of benzene rings is 1. The molecular formula is C13H12F2N2O2S. The van der Waals surface area contributed by atoms with Crippen LogP contribution in [0.5, 0.6) is 0 Å². The lowest BCUT2D eigenvalue weighted by Gasteiger charge is -2.02. The van der Waals surface area contributed by atoms with Gasteiger partial charge in [0.15, 0.2) is 16.8 Å². The first kappa shape index (κ1) is 14.4. The lowest BCUT2D eigenvalue weighted by atomic mass is 10.2. The second-order valence-corrected chi connectivity index (χ2v) is 5.26. The Kier molecular flexibility index (Phi) is 4.29. The van der Waals surface area contributed by atoms with Gasteiger partial charge in [0.2, 0.25) is 0 Å². The van der Waals surface area contributed by atoms with Crippen molar-refractivity contribution in [1.29, 1.82) is 0 Å². The average molecular weight is 298 g/mol. The molecule has 1 heterocycles. The van der Waals surface area contributed by atoms with Gasteiger partial charge in [0.1, 0.15) is 0 Å². The normalized spacial score (nSPS) is 10.6. The van der Waals surface area contributed by atoms with E-state index in [0.717, 1.165) is 22.7 Å². The molecule has 2 aromatic rings. The molecular weight excluding hydrogens is 286 g/mol. The minimum absolute atomic E-state index is 0.0354. The van der Waals surface area contributed by atoms with Crippen LogP contribution in [0.3, 0.4) is 0 Å². The maximum atomic E-state index is 13.1. The zero-order valence-corrected chi connectivity index (χ0v) is 11.4. The zero-order chi connectivity index (χ0) is 14.7. The zero-order valence-electron chi connectivity index (χ0n) is 10.6.